The highest BCUT2D eigenvalue weighted by Gasteiger charge is 2.42. The number of hydrogen-bond acceptors (Lipinski definition) is 4. The Bertz CT molecular complexity index is 714. The van der Waals surface area contributed by atoms with Gasteiger partial charge < -0.3 is 4.90 Å². The molecule has 0 aliphatic carbocycles. The second-order valence-electron chi connectivity index (χ2n) is 5.38. The molecule has 5 heteroatoms. The molecule has 4 nitrogen and oxygen atoms in total. The number of guanidine groups is 1. The van der Waals surface area contributed by atoms with Crippen molar-refractivity contribution in [3.63, 3.8) is 0 Å². The number of aliphatic imine (C=N–C) groups is 1. The van der Waals surface area contributed by atoms with Crippen LogP contribution < -0.4 is 11.3 Å². The van der Waals surface area contributed by atoms with Gasteiger partial charge in [0.2, 0.25) is 5.96 Å². The number of benzene rings is 2. The summed E-state index contributed by atoms with van der Waals surface area (Å²) < 4.78 is 0. The predicted octanol–water partition coefficient (Wildman–Crippen LogP) is 3.39. The van der Waals surface area contributed by atoms with Gasteiger partial charge in [-0.3, -0.25) is 5.43 Å². The fourth-order valence-electron chi connectivity index (χ4n) is 3.31. The van der Waals surface area contributed by atoms with E-state index in [0.717, 1.165) is 17.7 Å². The van der Waals surface area contributed by atoms with Crippen LogP contribution in [0.3, 0.4) is 0 Å². The highest BCUT2D eigenvalue weighted by Crippen LogP contribution is 2.46. The molecular weight excluding hydrogens is 296 g/mol. The van der Waals surface area contributed by atoms with E-state index in [9.17, 15) is 0 Å². The standard InChI is InChI=1S/C17H19ClN4/c1-3-17(12-7-5-4-6-8-12)14-11-13(18)9-10-15(14)20-16(21-19)22(17)2/h4-11H,3,19H2,1-2H3,(H,20,21). The zero-order chi connectivity index (χ0) is 15.7. The minimum Gasteiger partial charge on any atom is -0.331 e. The third kappa shape index (κ3) is 2.07. The van der Waals surface area contributed by atoms with Crippen LogP contribution in [-0.4, -0.2) is 17.9 Å². The number of rotatable bonds is 2. The van der Waals surface area contributed by atoms with Crippen molar-refractivity contribution in [1.29, 1.82) is 0 Å². The van der Waals surface area contributed by atoms with E-state index in [0.29, 0.717) is 11.0 Å². The molecule has 0 bridgehead atoms. The summed E-state index contributed by atoms with van der Waals surface area (Å²) in [7, 11) is 2.00. The second kappa shape index (κ2) is 5.63. The van der Waals surface area contributed by atoms with Crippen LogP contribution in [0.15, 0.2) is 53.5 Å². The zero-order valence-corrected chi connectivity index (χ0v) is 13.4. The smallest absolute Gasteiger partial charge is 0.214 e. The number of nitrogens with one attached hydrogen (secondary N) is 1. The molecule has 1 heterocycles. The molecule has 0 saturated heterocycles. The molecule has 0 amide bonds. The van der Waals surface area contributed by atoms with Crippen LogP contribution in [0.5, 0.6) is 0 Å². The van der Waals surface area contributed by atoms with E-state index in [2.05, 4.69) is 34.4 Å². The van der Waals surface area contributed by atoms with Gasteiger partial charge in [0.1, 0.15) is 0 Å². The van der Waals surface area contributed by atoms with Crippen LogP contribution in [-0.2, 0) is 5.54 Å². The molecule has 2 aromatic rings. The van der Waals surface area contributed by atoms with Gasteiger partial charge in [-0.25, -0.2) is 10.8 Å². The van der Waals surface area contributed by atoms with Crippen LogP contribution in [0, 0.1) is 0 Å². The number of nitrogens with two attached hydrogens (primary N) is 1. The Balaban J connectivity index is 2.33. The molecule has 1 unspecified atom stereocenters. The maximum Gasteiger partial charge on any atom is 0.214 e. The first-order chi connectivity index (χ1) is 10.6. The average molecular weight is 315 g/mol. The van der Waals surface area contributed by atoms with E-state index >= 15 is 0 Å². The van der Waals surface area contributed by atoms with E-state index in [-0.39, 0.29) is 5.54 Å². The van der Waals surface area contributed by atoms with Gasteiger partial charge in [0, 0.05) is 17.6 Å². The molecule has 3 N–H and O–H groups in total. The van der Waals surface area contributed by atoms with Crippen molar-refractivity contribution in [3.8, 4) is 0 Å². The van der Waals surface area contributed by atoms with Gasteiger partial charge in [-0.15, -0.1) is 0 Å². The topological polar surface area (TPSA) is 53.6 Å². The van der Waals surface area contributed by atoms with Gasteiger partial charge in [-0.05, 0) is 30.2 Å². The summed E-state index contributed by atoms with van der Waals surface area (Å²) >= 11 is 6.26. The molecule has 1 aliphatic heterocycles. The molecule has 1 aliphatic rings. The van der Waals surface area contributed by atoms with Crippen molar-refractivity contribution in [2.45, 2.75) is 18.9 Å². The fourth-order valence-corrected chi connectivity index (χ4v) is 3.48. The minimum atomic E-state index is -0.356. The Morgan fingerprint density at radius 1 is 1.23 bits per heavy atom. The van der Waals surface area contributed by atoms with Gasteiger partial charge >= 0.3 is 0 Å². The third-order valence-electron chi connectivity index (χ3n) is 4.41. The maximum absolute atomic E-state index is 6.26. The molecule has 0 radical (unpaired) electrons. The lowest BCUT2D eigenvalue weighted by Crippen LogP contribution is -2.55. The Morgan fingerprint density at radius 3 is 2.59 bits per heavy atom. The lowest BCUT2D eigenvalue weighted by molar-refractivity contribution is 0.239. The predicted molar refractivity (Wildman–Crippen MR) is 91.1 cm³/mol. The summed E-state index contributed by atoms with van der Waals surface area (Å²) in [5, 5.41) is 0.709. The van der Waals surface area contributed by atoms with Gasteiger partial charge in [-0.1, -0.05) is 48.9 Å². The number of fused-ring (bicyclic) bond motifs is 1. The lowest BCUT2D eigenvalue weighted by Gasteiger charge is -2.46. The number of hydrazine groups is 1. The van der Waals surface area contributed by atoms with Crippen molar-refractivity contribution in [2.24, 2.45) is 10.8 Å². The molecule has 0 aromatic heterocycles. The van der Waals surface area contributed by atoms with Crippen LogP contribution in [0.1, 0.15) is 24.5 Å². The van der Waals surface area contributed by atoms with Crippen molar-refractivity contribution >= 4 is 23.2 Å². The first kappa shape index (κ1) is 14.9. The Morgan fingerprint density at radius 2 is 1.95 bits per heavy atom. The van der Waals surface area contributed by atoms with E-state index in [1.54, 1.807) is 0 Å². The Hall–Kier alpha value is -2.04. The lowest BCUT2D eigenvalue weighted by atomic mass is 9.77. The largest absolute Gasteiger partial charge is 0.331 e. The van der Waals surface area contributed by atoms with E-state index in [4.69, 9.17) is 17.4 Å². The van der Waals surface area contributed by atoms with Crippen LogP contribution in [0.25, 0.3) is 0 Å². The van der Waals surface area contributed by atoms with Gasteiger partial charge in [0.15, 0.2) is 0 Å². The van der Waals surface area contributed by atoms with Crippen LogP contribution in [0.4, 0.5) is 5.69 Å². The first-order valence-corrected chi connectivity index (χ1v) is 7.66. The summed E-state index contributed by atoms with van der Waals surface area (Å²) in [6.45, 7) is 2.16. The molecule has 114 valence electrons. The summed E-state index contributed by atoms with van der Waals surface area (Å²) in [5.74, 6) is 6.33. The molecule has 2 aromatic carbocycles. The second-order valence-corrected chi connectivity index (χ2v) is 5.82. The minimum absolute atomic E-state index is 0.356. The third-order valence-corrected chi connectivity index (χ3v) is 4.65. The van der Waals surface area contributed by atoms with Crippen LogP contribution in [0.2, 0.25) is 5.02 Å². The average Bonchev–Trinajstić information content (AvgIpc) is 2.56. The first-order valence-electron chi connectivity index (χ1n) is 7.28. The summed E-state index contributed by atoms with van der Waals surface area (Å²) in [5.41, 5.74) is 5.52. The molecule has 22 heavy (non-hydrogen) atoms. The normalized spacial score (nSPS) is 20.4. The molecular formula is C17H19ClN4. The number of hydrogen-bond donors (Lipinski definition) is 2. The monoisotopic (exact) mass is 314 g/mol. The maximum atomic E-state index is 6.26. The summed E-state index contributed by atoms with van der Waals surface area (Å²) in [6, 6.07) is 16.2. The van der Waals surface area contributed by atoms with Gasteiger partial charge in [0.25, 0.3) is 0 Å². The van der Waals surface area contributed by atoms with Gasteiger partial charge in [-0.2, -0.15) is 0 Å². The van der Waals surface area contributed by atoms with Crippen LogP contribution >= 0.6 is 11.6 Å². The van der Waals surface area contributed by atoms with Crippen molar-refractivity contribution in [2.75, 3.05) is 7.05 Å². The van der Waals surface area contributed by atoms with Crippen molar-refractivity contribution < 1.29 is 0 Å². The highest BCUT2D eigenvalue weighted by molar-refractivity contribution is 6.30. The summed E-state index contributed by atoms with van der Waals surface area (Å²) in [6.07, 6.45) is 0.863. The SMILES string of the molecule is CCC1(c2ccccc2)c2cc(Cl)ccc2N=C(NN)N1C. The number of nitrogens with zero attached hydrogens (tertiary/aromatic N) is 2. The zero-order valence-electron chi connectivity index (χ0n) is 12.7. The van der Waals surface area contributed by atoms with E-state index in [1.807, 2.05) is 43.4 Å². The molecule has 0 spiro atoms. The fraction of sp³-hybridized carbons (Fsp3) is 0.235. The van der Waals surface area contributed by atoms with E-state index < -0.39 is 0 Å². The van der Waals surface area contributed by atoms with E-state index in [1.165, 1.54) is 5.56 Å². The molecule has 1 atom stereocenters. The summed E-state index contributed by atoms with van der Waals surface area (Å²) in [4.78, 5) is 6.69. The van der Waals surface area contributed by atoms with Gasteiger partial charge in [0.05, 0.1) is 11.2 Å². The number of halogens is 1. The Kier molecular flexibility index (Phi) is 3.81. The van der Waals surface area contributed by atoms with Crippen molar-refractivity contribution in [1.82, 2.24) is 10.3 Å². The molecule has 3 rings (SSSR count). The molecule has 0 saturated carbocycles. The quantitative estimate of drug-likeness (QED) is 0.660. The molecule has 0 fully saturated rings. The van der Waals surface area contributed by atoms with Crippen molar-refractivity contribution in [3.05, 3.63) is 64.7 Å². The Labute approximate surface area is 135 Å². The highest BCUT2D eigenvalue weighted by atomic mass is 35.5.